The number of hydrogen-bond acceptors (Lipinski definition) is 2. The lowest BCUT2D eigenvalue weighted by molar-refractivity contribution is 0.118. The molecule has 0 aliphatic rings. The van der Waals surface area contributed by atoms with Crippen LogP contribution in [-0.2, 0) is 11.3 Å². The molecular weight excluding hydrogens is 246 g/mol. The summed E-state index contributed by atoms with van der Waals surface area (Å²) in [4.78, 5) is 0. The van der Waals surface area contributed by atoms with Gasteiger partial charge in [-0.25, -0.2) is 0 Å². The summed E-state index contributed by atoms with van der Waals surface area (Å²) in [7, 11) is 0. The van der Waals surface area contributed by atoms with E-state index in [1.807, 2.05) is 0 Å². The first-order valence-corrected chi connectivity index (χ1v) is 8.00. The van der Waals surface area contributed by atoms with Crippen LogP contribution in [0.1, 0.15) is 57.6 Å². The monoisotopic (exact) mass is 277 g/mol. The smallest absolute Gasteiger partial charge is 0.0716 e. The summed E-state index contributed by atoms with van der Waals surface area (Å²) >= 11 is 0. The van der Waals surface area contributed by atoms with Gasteiger partial charge in [0.05, 0.1) is 6.61 Å². The van der Waals surface area contributed by atoms with E-state index in [1.165, 1.54) is 17.5 Å². The average Bonchev–Trinajstić information content (AvgIpc) is 2.44. The van der Waals surface area contributed by atoms with E-state index in [2.05, 4.69) is 57.3 Å². The van der Waals surface area contributed by atoms with Gasteiger partial charge in [0.15, 0.2) is 0 Å². The lowest BCUT2D eigenvalue weighted by atomic mass is 10.00. The molecule has 0 saturated carbocycles. The maximum Gasteiger partial charge on any atom is 0.0716 e. The van der Waals surface area contributed by atoms with Crippen LogP contribution < -0.4 is 5.32 Å². The summed E-state index contributed by atoms with van der Waals surface area (Å²) in [6.07, 6.45) is 2.34. The molecule has 1 rings (SSSR count). The Kier molecular flexibility index (Phi) is 8.56. The van der Waals surface area contributed by atoms with Gasteiger partial charge in [-0.05, 0) is 35.9 Å². The third kappa shape index (κ3) is 7.06. The number of rotatable bonds is 10. The third-order valence-electron chi connectivity index (χ3n) is 3.46. The molecule has 0 aromatic heterocycles. The van der Waals surface area contributed by atoms with Crippen LogP contribution in [0.3, 0.4) is 0 Å². The maximum atomic E-state index is 5.64. The van der Waals surface area contributed by atoms with Gasteiger partial charge < -0.3 is 10.1 Å². The van der Waals surface area contributed by atoms with Crippen molar-refractivity contribution in [3.63, 3.8) is 0 Å². The minimum Gasteiger partial charge on any atom is -0.377 e. The van der Waals surface area contributed by atoms with Gasteiger partial charge in [-0.1, -0.05) is 58.4 Å². The Bertz CT molecular complexity index is 345. The molecule has 0 radical (unpaired) electrons. The molecule has 114 valence electrons. The van der Waals surface area contributed by atoms with Gasteiger partial charge in [0.1, 0.15) is 0 Å². The first-order valence-electron chi connectivity index (χ1n) is 8.00. The Hall–Kier alpha value is -0.860. The largest absolute Gasteiger partial charge is 0.377 e. The van der Waals surface area contributed by atoms with E-state index < -0.39 is 0 Å². The lowest BCUT2D eigenvalue weighted by Gasteiger charge is -2.15. The molecule has 2 nitrogen and oxygen atoms in total. The van der Waals surface area contributed by atoms with Crippen LogP contribution in [0.25, 0.3) is 0 Å². The molecule has 1 aromatic rings. The predicted octanol–water partition coefficient (Wildman–Crippen LogP) is 4.35. The summed E-state index contributed by atoms with van der Waals surface area (Å²) in [5.74, 6) is 1.27. The third-order valence-corrected chi connectivity index (χ3v) is 3.46. The maximum absolute atomic E-state index is 5.64. The van der Waals surface area contributed by atoms with Crippen LogP contribution in [0.5, 0.6) is 0 Å². The van der Waals surface area contributed by atoms with Crippen LogP contribution >= 0.6 is 0 Å². The molecule has 0 amide bonds. The van der Waals surface area contributed by atoms with E-state index in [4.69, 9.17) is 4.74 Å². The molecule has 0 aliphatic carbocycles. The van der Waals surface area contributed by atoms with Crippen molar-refractivity contribution in [2.24, 2.45) is 5.92 Å². The van der Waals surface area contributed by atoms with E-state index in [0.717, 1.165) is 32.7 Å². The molecule has 0 aliphatic heterocycles. The topological polar surface area (TPSA) is 21.3 Å². The number of ether oxygens (including phenoxy) is 1. The van der Waals surface area contributed by atoms with E-state index in [0.29, 0.717) is 11.8 Å². The van der Waals surface area contributed by atoms with Crippen LogP contribution in [0.15, 0.2) is 24.3 Å². The van der Waals surface area contributed by atoms with Crippen LogP contribution in [0, 0.1) is 5.92 Å². The van der Waals surface area contributed by atoms with Gasteiger partial charge in [-0.15, -0.1) is 0 Å². The van der Waals surface area contributed by atoms with E-state index >= 15 is 0 Å². The SMILES string of the molecule is CCCCOCc1ccc(C(C)CNCC(C)C)cc1. The summed E-state index contributed by atoms with van der Waals surface area (Å²) in [5.41, 5.74) is 2.67. The summed E-state index contributed by atoms with van der Waals surface area (Å²) in [5, 5.41) is 3.52. The van der Waals surface area contributed by atoms with Crippen molar-refractivity contribution in [2.75, 3.05) is 19.7 Å². The molecule has 1 atom stereocenters. The highest BCUT2D eigenvalue weighted by Crippen LogP contribution is 2.15. The highest BCUT2D eigenvalue weighted by Gasteiger charge is 2.05. The van der Waals surface area contributed by atoms with Crippen LogP contribution in [-0.4, -0.2) is 19.7 Å². The van der Waals surface area contributed by atoms with Gasteiger partial charge in [0.2, 0.25) is 0 Å². The minimum absolute atomic E-state index is 0.559. The predicted molar refractivity (Wildman–Crippen MR) is 87.1 cm³/mol. The number of nitrogens with one attached hydrogen (secondary N) is 1. The fourth-order valence-electron chi connectivity index (χ4n) is 2.09. The molecule has 20 heavy (non-hydrogen) atoms. The van der Waals surface area contributed by atoms with Crippen molar-refractivity contribution in [1.82, 2.24) is 5.32 Å². The standard InChI is InChI=1S/C18H31NO/c1-5-6-11-20-14-17-7-9-18(10-8-17)16(4)13-19-12-15(2)3/h7-10,15-16,19H,5-6,11-14H2,1-4H3. The molecule has 0 bridgehead atoms. The first-order chi connectivity index (χ1) is 9.63. The highest BCUT2D eigenvalue weighted by molar-refractivity contribution is 5.24. The Balaban J connectivity index is 2.33. The zero-order chi connectivity index (χ0) is 14.8. The van der Waals surface area contributed by atoms with Crippen molar-refractivity contribution in [3.05, 3.63) is 35.4 Å². The van der Waals surface area contributed by atoms with Gasteiger partial charge in [0, 0.05) is 13.2 Å². The van der Waals surface area contributed by atoms with Crippen LogP contribution in [0.2, 0.25) is 0 Å². The van der Waals surface area contributed by atoms with Crippen molar-refractivity contribution in [1.29, 1.82) is 0 Å². The molecule has 0 fully saturated rings. The Labute approximate surface area is 124 Å². The second-order valence-electron chi connectivity index (χ2n) is 6.10. The molecule has 0 spiro atoms. The zero-order valence-electron chi connectivity index (χ0n) is 13.6. The van der Waals surface area contributed by atoms with Crippen molar-refractivity contribution in [3.8, 4) is 0 Å². The highest BCUT2D eigenvalue weighted by atomic mass is 16.5. The fourth-order valence-corrected chi connectivity index (χ4v) is 2.09. The molecule has 1 unspecified atom stereocenters. The number of hydrogen-bond donors (Lipinski definition) is 1. The average molecular weight is 277 g/mol. The molecule has 0 saturated heterocycles. The first kappa shape index (κ1) is 17.2. The zero-order valence-corrected chi connectivity index (χ0v) is 13.6. The molecule has 0 heterocycles. The van der Waals surface area contributed by atoms with Crippen molar-refractivity contribution < 1.29 is 4.74 Å². The van der Waals surface area contributed by atoms with Gasteiger partial charge in [-0.3, -0.25) is 0 Å². The van der Waals surface area contributed by atoms with E-state index in [-0.39, 0.29) is 0 Å². The summed E-state index contributed by atoms with van der Waals surface area (Å²) in [6.45, 7) is 12.7. The van der Waals surface area contributed by atoms with Gasteiger partial charge >= 0.3 is 0 Å². The van der Waals surface area contributed by atoms with Crippen molar-refractivity contribution >= 4 is 0 Å². The minimum atomic E-state index is 0.559. The fraction of sp³-hybridized carbons (Fsp3) is 0.667. The van der Waals surface area contributed by atoms with Crippen LogP contribution in [0.4, 0.5) is 0 Å². The van der Waals surface area contributed by atoms with E-state index in [9.17, 15) is 0 Å². The molecule has 1 aromatic carbocycles. The summed E-state index contributed by atoms with van der Waals surface area (Å²) in [6, 6.07) is 8.86. The number of benzene rings is 1. The summed E-state index contributed by atoms with van der Waals surface area (Å²) < 4.78 is 5.64. The second kappa shape index (κ2) is 9.95. The Morgan fingerprint density at radius 2 is 1.75 bits per heavy atom. The van der Waals surface area contributed by atoms with Gasteiger partial charge in [-0.2, -0.15) is 0 Å². The quantitative estimate of drug-likeness (QED) is 0.642. The lowest BCUT2D eigenvalue weighted by Crippen LogP contribution is -2.24. The Morgan fingerprint density at radius 1 is 1.05 bits per heavy atom. The normalized spacial score (nSPS) is 12.8. The molecule has 1 N–H and O–H groups in total. The molecule has 2 heteroatoms. The number of unbranched alkanes of at least 4 members (excludes halogenated alkanes) is 1. The van der Waals surface area contributed by atoms with Crippen molar-refractivity contribution in [2.45, 2.75) is 53.1 Å². The van der Waals surface area contributed by atoms with Gasteiger partial charge in [0.25, 0.3) is 0 Å². The second-order valence-corrected chi connectivity index (χ2v) is 6.10. The Morgan fingerprint density at radius 3 is 2.35 bits per heavy atom. The molecular formula is C18H31NO. The van der Waals surface area contributed by atoms with E-state index in [1.54, 1.807) is 0 Å².